The SMILES string of the molecule is CCC(C)(C(=O)c1ccc(Cl)c(OC)c1)N(C)C. The molecule has 100 valence electrons. The third-order valence-corrected chi connectivity index (χ3v) is 3.89. The lowest BCUT2D eigenvalue weighted by Gasteiger charge is -2.34. The second kappa shape index (κ2) is 5.72. The average molecular weight is 270 g/mol. The van der Waals surface area contributed by atoms with E-state index in [1.54, 1.807) is 25.3 Å². The summed E-state index contributed by atoms with van der Waals surface area (Å²) in [5.41, 5.74) is 0.105. The Bertz CT molecular complexity index is 445. The largest absolute Gasteiger partial charge is 0.495 e. The van der Waals surface area contributed by atoms with Crippen molar-refractivity contribution in [2.24, 2.45) is 0 Å². The summed E-state index contributed by atoms with van der Waals surface area (Å²) in [7, 11) is 5.36. The Labute approximate surface area is 114 Å². The van der Waals surface area contributed by atoms with E-state index in [1.165, 1.54) is 0 Å². The van der Waals surface area contributed by atoms with Crippen LogP contribution in [-0.4, -0.2) is 37.4 Å². The van der Waals surface area contributed by atoms with Gasteiger partial charge in [0.1, 0.15) is 5.75 Å². The molecule has 3 nitrogen and oxygen atoms in total. The van der Waals surface area contributed by atoms with Gasteiger partial charge >= 0.3 is 0 Å². The van der Waals surface area contributed by atoms with E-state index in [9.17, 15) is 4.79 Å². The topological polar surface area (TPSA) is 29.5 Å². The van der Waals surface area contributed by atoms with Crippen molar-refractivity contribution < 1.29 is 9.53 Å². The summed E-state index contributed by atoms with van der Waals surface area (Å²) in [6.45, 7) is 3.95. The highest BCUT2D eigenvalue weighted by Gasteiger charge is 2.34. The predicted octanol–water partition coefficient (Wildman–Crippen LogP) is 3.26. The maximum Gasteiger partial charge on any atom is 0.182 e. The third-order valence-electron chi connectivity index (χ3n) is 3.58. The van der Waals surface area contributed by atoms with E-state index in [2.05, 4.69) is 0 Å². The first-order valence-corrected chi connectivity index (χ1v) is 6.30. The minimum absolute atomic E-state index is 0.0740. The molecule has 0 spiro atoms. The summed E-state index contributed by atoms with van der Waals surface area (Å²) in [5, 5.41) is 0.511. The van der Waals surface area contributed by atoms with Crippen molar-refractivity contribution in [3.05, 3.63) is 28.8 Å². The number of carbonyl (C=O) groups is 1. The lowest BCUT2D eigenvalue weighted by atomic mass is 9.87. The molecule has 0 aliphatic heterocycles. The number of hydrogen-bond acceptors (Lipinski definition) is 3. The Hall–Kier alpha value is -1.06. The molecular weight excluding hydrogens is 250 g/mol. The summed E-state index contributed by atoms with van der Waals surface area (Å²) in [6.07, 6.45) is 0.740. The molecule has 1 aromatic carbocycles. The number of benzene rings is 1. The molecule has 1 rings (SSSR count). The standard InChI is InChI=1S/C14H20ClNO2/c1-6-14(2,16(3)4)13(17)10-7-8-11(15)12(9-10)18-5/h7-9H,6H2,1-5H3. The molecular formula is C14H20ClNO2. The molecule has 0 bridgehead atoms. The van der Waals surface area contributed by atoms with Gasteiger partial charge in [-0.3, -0.25) is 9.69 Å². The van der Waals surface area contributed by atoms with Crippen LogP contribution in [0.3, 0.4) is 0 Å². The minimum Gasteiger partial charge on any atom is -0.495 e. The Morgan fingerprint density at radius 2 is 2.06 bits per heavy atom. The number of rotatable bonds is 5. The monoisotopic (exact) mass is 269 g/mol. The quantitative estimate of drug-likeness (QED) is 0.769. The van der Waals surface area contributed by atoms with Crippen LogP contribution in [0.15, 0.2) is 18.2 Å². The van der Waals surface area contributed by atoms with Crippen LogP contribution in [-0.2, 0) is 0 Å². The predicted molar refractivity (Wildman–Crippen MR) is 74.7 cm³/mol. The van der Waals surface area contributed by atoms with Gasteiger partial charge in [0.05, 0.1) is 17.7 Å². The first kappa shape index (κ1) is 15.0. The second-order valence-corrected chi connectivity index (χ2v) is 5.11. The number of halogens is 1. The summed E-state index contributed by atoms with van der Waals surface area (Å²) in [6, 6.07) is 5.13. The zero-order valence-electron chi connectivity index (χ0n) is 11.6. The van der Waals surface area contributed by atoms with Crippen molar-refractivity contribution in [2.45, 2.75) is 25.8 Å². The smallest absolute Gasteiger partial charge is 0.182 e. The van der Waals surface area contributed by atoms with Crippen LogP contribution in [0.1, 0.15) is 30.6 Å². The molecule has 0 saturated carbocycles. The lowest BCUT2D eigenvalue weighted by molar-refractivity contribution is 0.0710. The Morgan fingerprint density at radius 1 is 1.44 bits per heavy atom. The first-order chi connectivity index (χ1) is 8.36. The molecule has 1 atom stereocenters. The molecule has 0 N–H and O–H groups in total. The van der Waals surface area contributed by atoms with Crippen LogP contribution in [0.2, 0.25) is 5.02 Å². The van der Waals surface area contributed by atoms with Gasteiger partial charge in [0.25, 0.3) is 0 Å². The number of methoxy groups -OCH3 is 1. The van der Waals surface area contributed by atoms with E-state index >= 15 is 0 Å². The molecule has 0 heterocycles. The minimum atomic E-state index is -0.515. The van der Waals surface area contributed by atoms with Crippen molar-refractivity contribution in [3.63, 3.8) is 0 Å². The maximum absolute atomic E-state index is 12.6. The molecule has 1 unspecified atom stereocenters. The Balaban J connectivity index is 3.18. The van der Waals surface area contributed by atoms with Gasteiger partial charge in [-0.25, -0.2) is 0 Å². The zero-order chi connectivity index (χ0) is 13.9. The number of Topliss-reactive ketones (excluding diaryl/α,β-unsaturated/α-hetero) is 1. The number of carbonyl (C=O) groups excluding carboxylic acids is 1. The summed E-state index contributed by atoms with van der Waals surface area (Å²) in [5.74, 6) is 0.602. The van der Waals surface area contributed by atoms with E-state index in [0.29, 0.717) is 16.3 Å². The highest BCUT2D eigenvalue weighted by Crippen LogP contribution is 2.29. The van der Waals surface area contributed by atoms with Crippen LogP contribution in [0, 0.1) is 0 Å². The van der Waals surface area contributed by atoms with Crippen LogP contribution >= 0.6 is 11.6 Å². The van der Waals surface area contributed by atoms with Crippen molar-refractivity contribution in [1.29, 1.82) is 0 Å². The molecule has 0 radical (unpaired) electrons. The highest BCUT2D eigenvalue weighted by atomic mass is 35.5. The molecule has 18 heavy (non-hydrogen) atoms. The van der Waals surface area contributed by atoms with E-state index in [0.717, 1.165) is 6.42 Å². The molecule has 0 fully saturated rings. The summed E-state index contributed by atoms with van der Waals surface area (Å²) in [4.78, 5) is 14.5. The van der Waals surface area contributed by atoms with Gasteiger partial charge < -0.3 is 4.74 Å². The fraction of sp³-hybridized carbons (Fsp3) is 0.500. The van der Waals surface area contributed by atoms with Crippen LogP contribution < -0.4 is 4.74 Å². The van der Waals surface area contributed by atoms with Crippen LogP contribution in [0.4, 0.5) is 0 Å². The molecule has 0 amide bonds. The van der Waals surface area contributed by atoms with E-state index in [-0.39, 0.29) is 5.78 Å². The van der Waals surface area contributed by atoms with Gasteiger partial charge in [0.15, 0.2) is 5.78 Å². The van der Waals surface area contributed by atoms with Crippen molar-refractivity contribution >= 4 is 17.4 Å². The third kappa shape index (κ3) is 2.68. The fourth-order valence-electron chi connectivity index (χ4n) is 1.79. The lowest BCUT2D eigenvalue weighted by Crippen LogP contribution is -2.48. The van der Waals surface area contributed by atoms with Crippen LogP contribution in [0.25, 0.3) is 0 Å². The van der Waals surface area contributed by atoms with Gasteiger partial charge in [-0.2, -0.15) is 0 Å². The second-order valence-electron chi connectivity index (χ2n) is 4.70. The van der Waals surface area contributed by atoms with Gasteiger partial charge in [-0.1, -0.05) is 18.5 Å². The van der Waals surface area contributed by atoms with Crippen LogP contribution in [0.5, 0.6) is 5.75 Å². The van der Waals surface area contributed by atoms with Gasteiger partial charge in [0, 0.05) is 5.56 Å². The van der Waals surface area contributed by atoms with E-state index in [1.807, 2.05) is 32.8 Å². The summed E-state index contributed by atoms with van der Waals surface area (Å²) >= 11 is 5.96. The highest BCUT2D eigenvalue weighted by molar-refractivity contribution is 6.32. The first-order valence-electron chi connectivity index (χ1n) is 5.92. The number of nitrogens with zero attached hydrogens (tertiary/aromatic N) is 1. The number of ketones is 1. The zero-order valence-corrected chi connectivity index (χ0v) is 12.3. The van der Waals surface area contributed by atoms with Gasteiger partial charge in [-0.15, -0.1) is 0 Å². The Morgan fingerprint density at radius 3 is 2.50 bits per heavy atom. The molecule has 0 aromatic heterocycles. The number of hydrogen-bond donors (Lipinski definition) is 0. The molecule has 0 aliphatic carbocycles. The van der Waals surface area contributed by atoms with E-state index < -0.39 is 5.54 Å². The van der Waals surface area contributed by atoms with E-state index in [4.69, 9.17) is 16.3 Å². The van der Waals surface area contributed by atoms with Crippen molar-refractivity contribution in [3.8, 4) is 5.75 Å². The fourth-order valence-corrected chi connectivity index (χ4v) is 1.99. The number of ether oxygens (including phenoxy) is 1. The average Bonchev–Trinajstić information content (AvgIpc) is 2.37. The molecule has 0 aliphatic rings. The maximum atomic E-state index is 12.6. The Kier molecular flexibility index (Phi) is 4.77. The van der Waals surface area contributed by atoms with Gasteiger partial charge in [-0.05, 0) is 45.6 Å². The normalized spacial score (nSPS) is 14.4. The summed E-state index contributed by atoms with van der Waals surface area (Å²) < 4.78 is 5.14. The number of likely N-dealkylation sites (N-methyl/N-ethyl adjacent to an activating group) is 1. The molecule has 4 heteroatoms. The molecule has 1 aromatic rings. The molecule has 0 saturated heterocycles. The van der Waals surface area contributed by atoms with Gasteiger partial charge in [0.2, 0.25) is 0 Å². The van der Waals surface area contributed by atoms with Crippen molar-refractivity contribution in [1.82, 2.24) is 4.90 Å². The van der Waals surface area contributed by atoms with Crippen molar-refractivity contribution in [2.75, 3.05) is 21.2 Å².